The van der Waals surface area contributed by atoms with Crippen molar-refractivity contribution in [3.05, 3.63) is 23.8 Å². The van der Waals surface area contributed by atoms with E-state index in [1.807, 2.05) is 0 Å². The third kappa shape index (κ3) is 4.65. The van der Waals surface area contributed by atoms with E-state index in [1.165, 1.54) is 34.5 Å². The Morgan fingerprint density at radius 3 is 1.96 bits per heavy atom. The topological polar surface area (TPSA) is 83.1 Å². The van der Waals surface area contributed by atoms with E-state index in [-0.39, 0.29) is 0 Å². The second-order valence-corrected chi connectivity index (χ2v) is 5.40. The smallest absolute Gasteiger partial charge is 0.330 e. The van der Waals surface area contributed by atoms with E-state index in [4.69, 9.17) is 14.2 Å². The molecule has 0 heterocycles. The predicted molar refractivity (Wildman–Crippen MR) is 89.4 cm³/mol. The van der Waals surface area contributed by atoms with Gasteiger partial charge in [-0.3, -0.25) is 4.79 Å². The monoisotopic (exact) mass is 337 g/mol. The lowest BCUT2D eigenvalue weighted by molar-refractivity contribution is -0.148. The Morgan fingerprint density at radius 1 is 1.00 bits per heavy atom. The van der Waals surface area contributed by atoms with E-state index < -0.39 is 17.4 Å². The zero-order valence-electron chi connectivity index (χ0n) is 14.8. The molecule has 7 heteroatoms. The van der Waals surface area contributed by atoms with E-state index in [9.17, 15) is 9.59 Å². The van der Waals surface area contributed by atoms with E-state index in [0.717, 1.165) is 0 Å². The molecule has 0 aliphatic rings. The quantitative estimate of drug-likeness (QED) is 0.603. The van der Waals surface area contributed by atoms with Gasteiger partial charge in [0.2, 0.25) is 11.7 Å². The lowest BCUT2D eigenvalue weighted by atomic mass is 10.1. The van der Waals surface area contributed by atoms with Crippen LogP contribution in [0.1, 0.15) is 19.4 Å². The van der Waals surface area contributed by atoms with Gasteiger partial charge in [0.25, 0.3) is 0 Å². The molecule has 0 aliphatic carbocycles. The fraction of sp³-hybridized carbons (Fsp3) is 0.412. The number of hydrogen-bond donors (Lipinski definition) is 1. The molecule has 0 unspecified atom stereocenters. The normalized spacial score (nSPS) is 11.1. The summed E-state index contributed by atoms with van der Waals surface area (Å²) in [6.07, 6.45) is 2.89. The van der Waals surface area contributed by atoms with Crippen LogP contribution in [0.5, 0.6) is 17.2 Å². The van der Waals surface area contributed by atoms with Gasteiger partial charge < -0.3 is 24.3 Å². The molecule has 1 amide bonds. The second-order valence-electron chi connectivity index (χ2n) is 5.40. The largest absolute Gasteiger partial charge is 0.493 e. The molecule has 0 atom stereocenters. The first-order valence-electron chi connectivity index (χ1n) is 7.17. The summed E-state index contributed by atoms with van der Waals surface area (Å²) < 4.78 is 20.4. The molecule has 0 bridgehead atoms. The van der Waals surface area contributed by atoms with Crippen LogP contribution in [0.2, 0.25) is 0 Å². The van der Waals surface area contributed by atoms with Crippen molar-refractivity contribution in [1.82, 2.24) is 5.32 Å². The molecule has 1 aromatic rings. The Labute approximate surface area is 141 Å². The summed E-state index contributed by atoms with van der Waals surface area (Å²) in [5.41, 5.74) is -0.443. The minimum atomic E-state index is -1.12. The van der Waals surface area contributed by atoms with Gasteiger partial charge in [0, 0.05) is 6.08 Å². The first kappa shape index (κ1) is 19.3. The minimum Gasteiger partial charge on any atom is -0.493 e. The van der Waals surface area contributed by atoms with Crippen LogP contribution in [0.4, 0.5) is 0 Å². The van der Waals surface area contributed by atoms with Gasteiger partial charge in [-0.2, -0.15) is 0 Å². The summed E-state index contributed by atoms with van der Waals surface area (Å²) >= 11 is 0. The highest BCUT2D eigenvalue weighted by atomic mass is 16.5. The summed E-state index contributed by atoms with van der Waals surface area (Å²) in [6.45, 7) is 3.12. The second kappa shape index (κ2) is 8.24. The number of hydrogen-bond acceptors (Lipinski definition) is 6. The molecule has 0 saturated carbocycles. The highest BCUT2D eigenvalue weighted by molar-refractivity contribution is 5.96. The van der Waals surface area contributed by atoms with Crippen molar-refractivity contribution in [2.45, 2.75) is 19.4 Å². The van der Waals surface area contributed by atoms with Crippen LogP contribution < -0.4 is 19.5 Å². The molecule has 0 aliphatic heterocycles. The number of carbonyl (C=O) groups is 2. The molecule has 0 fully saturated rings. The molecule has 0 saturated heterocycles. The highest BCUT2D eigenvalue weighted by Crippen LogP contribution is 2.38. The number of amides is 1. The van der Waals surface area contributed by atoms with Crippen molar-refractivity contribution in [2.24, 2.45) is 0 Å². The Morgan fingerprint density at radius 2 is 1.54 bits per heavy atom. The van der Waals surface area contributed by atoms with E-state index in [1.54, 1.807) is 32.1 Å². The fourth-order valence-electron chi connectivity index (χ4n) is 2.03. The maximum atomic E-state index is 12.0. The first-order valence-corrected chi connectivity index (χ1v) is 7.17. The average molecular weight is 337 g/mol. The predicted octanol–water partition coefficient (Wildman–Crippen LogP) is 1.79. The van der Waals surface area contributed by atoms with E-state index in [2.05, 4.69) is 10.1 Å². The number of nitrogens with one attached hydrogen (secondary N) is 1. The molecular formula is C17H23NO6. The SMILES string of the molecule is COC(=O)C(C)(C)NC(=O)C=Cc1cc(OC)c(OC)c(OC)c1. The molecule has 24 heavy (non-hydrogen) atoms. The maximum absolute atomic E-state index is 12.0. The highest BCUT2D eigenvalue weighted by Gasteiger charge is 2.29. The van der Waals surface area contributed by atoms with Gasteiger partial charge in [0.1, 0.15) is 5.54 Å². The maximum Gasteiger partial charge on any atom is 0.330 e. The molecule has 7 nitrogen and oxygen atoms in total. The number of esters is 1. The summed E-state index contributed by atoms with van der Waals surface area (Å²) in [5, 5.41) is 2.57. The third-order valence-corrected chi connectivity index (χ3v) is 3.25. The summed E-state index contributed by atoms with van der Waals surface area (Å²) in [4.78, 5) is 23.6. The van der Waals surface area contributed by atoms with Crippen molar-refractivity contribution in [2.75, 3.05) is 28.4 Å². The van der Waals surface area contributed by atoms with Crippen molar-refractivity contribution in [3.63, 3.8) is 0 Å². The van der Waals surface area contributed by atoms with Crippen molar-refractivity contribution in [3.8, 4) is 17.2 Å². The fourth-order valence-corrected chi connectivity index (χ4v) is 2.03. The lowest BCUT2D eigenvalue weighted by Gasteiger charge is -2.22. The van der Waals surface area contributed by atoms with Crippen LogP contribution in [0.15, 0.2) is 18.2 Å². The van der Waals surface area contributed by atoms with Gasteiger partial charge in [-0.15, -0.1) is 0 Å². The van der Waals surface area contributed by atoms with Gasteiger partial charge in [-0.25, -0.2) is 4.79 Å². The summed E-state index contributed by atoms with van der Waals surface area (Å²) in [5.74, 6) is 0.461. The lowest BCUT2D eigenvalue weighted by Crippen LogP contribution is -2.49. The number of rotatable bonds is 7. The number of ether oxygens (including phenoxy) is 4. The van der Waals surface area contributed by atoms with Crippen molar-refractivity contribution in [1.29, 1.82) is 0 Å². The van der Waals surface area contributed by atoms with Crippen molar-refractivity contribution >= 4 is 18.0 Å². The molecule has 0 radical (unpaired) electrons. The Bertz CT molecular complexity index is 611. The van der Waals surface area contributed by atoms with Crippen LogP contribution in [0.3, 0.4) is 0 Å². The first-order chi connectivity index (χ1) is 11.3. The van der Waals surface area contributed by atoms with Gasteiger partial charge in [-0.05, 0) is 37.6 Å². The van der Waals surface area contributed by atoms with Crippen LogP contribution >= 0.6 is 0 Å². The average Bonchev–Trinajstić information content (AvgIpc) is 2.57. The van der Waals surface area contributed by atoms with Crippen LogP contribution in [-0.4, -0.2) is 45.9 Å². The molecule has 1 rings (SSSR count). The molecule has 0 aromatic heterocycles. The standard InChI is InChI=1S/C17H23NO6/c1-17(2,16(20)24-6)18-14(19)8-7-11-9-12(21-3)15(23-5)13(10-11)22-4/h7-10H,1-6H3,(H,18,19). The van der Waals surface area contributed by atoms with Gasteiger partial charge in [0.05, 0.1) is 28.4 Å². The number of benzene rings is 1. The summed E-state index contributed by atoms with van der Waals surface area (Å²) in [6, 6.07) is 3.41. The third-order valence-electron chi connectivity index (χ3n) is 3.25. The zero-order chi connectivity index (χ0) is 18.3. The van der Waals surface area contributed by atoms with Gasteiger partial charge >= 0.3 is 5.97 Å². The Balaban J connectivity index is 2.98. The van der Waals surface area contributed by atoms with Gasteiger partial charge in [0.15, 0.2) is 11.5 Å². The molecular weight excluding hydrogens is 314 g/mol. The van der Waals surface area contributed by atoms with E-state index in [0.29, 0.717) is 22.8 Å². The van der Waals surface area contributed by atoms with Crippen LogP contribution in [0, 0.1) is 0 Å². The van der Waals surface area contributed by atoms with Gasteiger partial charge in [-0.1, -0.05) is 0 Å². The Kier molecular flexibility index (Phi) is 6.64. The van der Waals surface area contributed by atoms with E-state index >= 15 is 0 Å². The van der Waals surface area contributed by atoms with Crippen LogP contribution in [-0.2, 0) is 14.3 Å². The van der Waals surface area contributed by atoms with Crippen LogP contribution in [0.25, 0.3) is 6.08 Å². The number of methoxy groups -OCH3 is 4. The molecule has 1 aromatic carbocycles. The Hall–Kier alpha value is -2.70. The molecule has 1 N–H and O–H groups in total. The number of carbonyl (C=O) groups excluding carboxylic acids is 2. The van der Waals surface area contributed by atoms with Crippen molar-refractivity contribution < 1.29 is 28.5 Å². The molecule has 132 valence electrons. The summed E-state index contributed by atoms with van der Waals surface area (Å²) in [7, 11) is 5.80. The zero-order valence-corrected chi connectivity index (χ0v) is 14.8. The molecule has 0 spiro atoms. The minimum absolute atomic E-state index is 0.431.